The van der Waals surface area contributed by atoms with Crippen molar-refractivity contribution in [2.75, 3.05) is 0 Å². The molecule has 0 bridgehead atoms. The molecule has 2 aromatic rings. The lowest BCUT2D eigenvalue weighted by Gasteiger charge is -2.10. The molecule has 2 rings (SSSR count). The molecule has 0 aliphatic heterocycles. The number of halogens is 3. The third-order valence-electron chi connectivity index (χ3n) is 2.62. The van der Waals surface area contributed by atoms with Crippen molar-refractivity contribution in [2.45, 2.75) is 13.2 Å². The maximum Gasteiger partial charge on any atom is 0.138 e. The lowest BCUT2D eigenvalue weighted by molar-refractivity contribution is 0.300. The Morgan fingerprint density at radius 3 is 2.58 bits per heavy atom. The molecule has 0 aliphatic carbocycles. The van der Waals surface area contributed by atoms with E-state index in [2.05, 4.69) is 0 Å². The van der Waals surface area contributed by atoms with Gasteiger partial charge in [0, 0.05) is 17.1 Å². The SMILES string of the molecule is NCc1ccc(OCc2cc(Cl)ccc2F)c(Cl)c1. The molecule has 0 heterocycles. The summed E-state index contributed by atoms with van der Waals surface area (Å²) in [6.45, 7) is 0.469. The molecule has 0 radical (unpaired) electrons. The smallest absolute Gasteiger partial charge is 0.138 e. The summed E-state index contributed by atoms with van der Waals surface area (Å²) in [7, 11) is 0. The second kappa shape index (κ2) is 6.24. The van der Waals surface area contributed by atoms with Crippen LogP contribution >= 0.6 is 23.2 Å². The van der Waals surface area contributed by atoms with Crippen molar-refractivity contribution >= 4 is 23.2 Å². The van der Waals surface area contributed by atoms with Crippen LogP contribution in [0.1, 0.15) is 11.1 Å². The molecule has 0 aliphatic rings. The number of rotatable bonds is 4. The summed E-state index contributed by atoms with van der Waals surface area (Å²) < 4.78 is 19.0. The monoisotopic (exact) mass is 299 g/mol. The highest BCUT2D eigenvalue weighted by atomic mass is 35.5. The summed E-state index contributed by atoms with van der Waals surface area (Å²) in [5, 5.41) is 0.912. The molecule has 0 saturated heterocycles. The fourth-order valence-corrected chi connectivity index (χ4v) is 2.05. The fraction of sp³-hybridized carbons (Fsp3) is 0.143. The Morgan fingerprint density at radius 1 is 1.11 bits per heavy atom. The summed E-state index contributed by atoms with van der Waals surface area (Å²) in [5.41, 5.74) is 6.80. The molecule has 100 valence electrons. The topological polar surface area (TPSA) is 35.2 Å². The molecule has 0 saturated carbocycles. The Bertz CT molecular complexity index is 590. The minimum absolute atomic E-state index is 0.0636. The van der Waals surface area contributed by atoms with Crippen LogP contribution in [0, 0.1) is 5.82 Å². The van der Waals surface area contributed by atoms with Crippen molar-refractivity contribution in [1.82, 2.24) is 0 Å². The van der Waals surface area contributed by atoms with Gasteiger partial charge in [-0.1, -0.05) is 29.3 Å². The zero-order chi connectivity index (χ0) is 13.8. The Balaban J connectivity index is 2.12. The third kappa shape index (κ3) is 3.60. The van der Waals surface area contributed by atoms with Crippen LogP contribution in [0.25, 0.3) is 0 Å². The van der Waals surface area contributed by atoms with E-state index in [4.69, 9.17) is 33.7 Å². The first-order valence-electron chi connectivity index (χ1n) is 5.65. The maximum atomic E-state index is 13.5. The summed E-state index contributed by atoms with van der Waals surface area (Å²) in [4.78, 5) is 0. The molecule has 0 spiro atoms. The molecule has 2 aromatic carbocycles. The van der Waals surface area contributed by atoms with Gasteiger partial charge in [0.15, 0.2) is 0 Å². The summed E-state index contributed by atoms with van der Waals surface area (Å²) >= 11 is 11.9. The standard InChI is InChI=1S/C14H12Cl2FNO/c15-11-2-3-13(17)10(6-11)8-19-14-4-1-9(7-18)5-12(14)16/h1-6H,7-8,18H2. The van der Waals surface area contributed by atoms with Crippen LogP contribution in [0.2, 0.25) is 10.0 Å². The van der Waals surface area contributed by atoms with E-state index < -0.39 is 0 Å². The van der Waals surface area contributed by atoms with Crippen LogP contribution in [0.4, 0.5) is 4.39 Å². The molecule has 2 N–H and O–H groups in total. The molecular formula is C14H12Cl2FNO. The number of ether oxygens (including phenoxy) is 1. The van der Waals surface area contributed by atoms with Crippen LogP contribution in [-0.2, 0) is 13.2 Å². The van der Waals surface area contributed by atoms with Gasteiger partial charge in [-0.05, 0) is 35.9 Å². The first-order chi connectivity index (χ1) is 9.10. The van der Waals surface area contributed by atoms with Gasteiger partial charge in [0.1, 0.15) is 18.2 Å². The Hall–Kier alpha value is -1.29. The van der Waals surface area contributed by atoms with E-state index in [-0.39, 0.29) is 12.4 Å². The van der Waals surface area contributed by atoms with E-state index in [9.17, 15) is 4.39 Å². The van der Waals surface area contributed by atoms with Crippen molar-refractivity contribution in [3.8, 4) is 5.75 Å². The van der Waals surface area contributed by atoms with E-state index in [1.54, 1.807) is 12.1 Å². The first kappa shape index (κ1) is 14.1. The molecule has 0 aromatic heterocycles. The number of benzene rings is 2. The number of hydrogen-bond donors (Lipinski definition) is 1. The van der Waals surface area contributed by atoms with Crippen molar-refractivity contribution in [1.29, 1.82) is 0 Å². The van der Waals surface area contributed by atoms with Crippen molar-refractivity contribution in [3.63, 3.8) is 0 Å². The van der Waals surface area contributed by atoms with Gasteiger partial charge in [-0.25, -0.2) is 4.39 Å². The van der Waals surface area contributed by atoms with E-state index in [0.717, 1.165) is 5.56 Å². The summed E-state index contributed by atoms with van der Waals surface area (Å²) in [6.07, 6.45) is 0. The van der Waals surface area contributed by atoms with Gasteiger partial charge in [-0.2, -0.15) is 0 Å². The summed E-state index contributed by atoms with van der Waals surface area (Å²) in [6, 6.07) is 9.58. The molecule has 2 nitrogen and oxygen atoms in total. The van der Waals surface area contributed by atoms with Crippen LogP contribution in [0.3, 0.4) is 0 Å². The van der Waals surface area contributed by atoms with Gasteiger partial charge in [-0.3, -0.25) is 0 Å². The maximum absolute atomic E-state index is 13.5. The van der Waals surface area contributed by atoms with Crippen LogP contribution in [0.5, 0.6) is 5.75 Å². The predicted molar refractivity (Wildman–Crippen MR) is 75.1 cm³/mol. The minimum atomic E-state index is -0.362. The lowest BCUT2D eigenvalue weighted by Crippen LogP contribution is -2.00. The third-order valence-corrected chi connectivity index (χ3v) is 3.15. The highest BCUT2D eigenvalue weighted by molar-refractivity contribution is 6.32. The molecule has 0 fully saturated rings. The zero-order valence-electron chi connectivity index (χ0n) is 10.00. The van der Waals surface area contributed by atoms with E-state index in [1.807, 2.05) is 6.07 Å². The Kier molecular flexibility index (Phi) is 4.64. The molecule has 0 amide bonds. The fourth-order valence-electron chi connectivity index (χ4n) is 1.60. The van der Waals surface area contributed by atoms with Crippen LogP contribution < -0.4 is 10.5 Å². The highest BCUT2D eigenvalue weighted by Crippen LogP contribution is 2.26. The van der Waals surface area contributed by atoms with Gasteiger partial charge in [0.2, 0.25) is 0 Å². The predicted octanol–water partition coefficient (Wildman–Crippen LogP) is 4.17. The average Bonchev–Trinajstić information content (AvgIpc) is 2.40. The van der Waals surface area contributed by atoms with E-state index in [1.165, 1.54) is 18.2 Å². The van der Waals surface area contributed by atoms with Crippen molar-refractivity contribution < 1.29 is 9.13 Å². The molecular weight excluding hydrogens is 288 g/mol. The van der Waals surface area contributed by atoms with Gasteiger partial charge in [-0.15, -0.1) is 0 Å². The molecule has 0 unspecified atom stereocenters. The average molecular weight is 300 g/mol. The highest BCUT2D eigenvalue weighted by Gasteiger charge is 2.07. The number of nitrogens with two attached hydrogens (primary N) is 1. The quantitative estimate of drug-likeness (QED) is 0.919. The van der Waals surface area contributed by atoms with E-state index >= 15 is 0 Å². The number of hydrogen-bond acceptors (Lipinski definition) is 2. The molecule has 0 atom stereocenters. The van der Waals surface area contributed by atoms with Crippen molar-refractivity contribution in [3.05, 3.63) is 63.4 Å². The van der Waals surface area contributed by atoms with Gasteiger partial charge >= 0.3 is 0 Å². The Morgan fingerprint density at radius 2 is 1.89 bits per heavy atom. The molecule has 5 heteroatoms. The van der Waals surface area contributed by atoms with E-state index in [0.29, 0.717) is 27.9 Å². The molecule has 19 heavy (non-hydrogen) atoms. The normalized spacial score (nSPS) is 10.5. The van der Waals surface area contributed by atoms with Gasteiger partial charge in [0.05, 0.1) is 5.02 Å². The largest absolute Gasteiger partial charge is 0.487 e. The minimum Gasteiger partial charge on any atom is -0.487 e. The second-order valence-corrected chi connectivity index (χ2v) is 4.84. The van der Waals surface area contributed by atoms with Gasteiger partial charge < -0.3 is 10.5 Å². The van der Waals surface area contributed by atoms with Crippen molar-refractivity contribution in [2.24, 2.45) is 5.73 Å². The van der Waals surface area contributed by atoms with Crippen LogP contribution in [0.15, 0.2) is 36.4 Å². The second-order valence-electron chi connectivity index (χ2n) is 3.99. The Labute approximate surface area is 120 Å². The summed E-state index contributed by atoms with van der Waals surface area (Å²) in [5.74, 6) is 0.123. The zero-order valence-corrected chi connectivity index (χ0v) is 11.5. The lowest BCUT2D eigenvalue weighted by atomic mass is 10.2. The van der Waals surface area contributed by atoms with Gasteiger partial charge in [0.25, 0.3) is 0 Å². The first-order valence-corrected chi connectivity index (χ1v) is 6.41. The van der Waals surface area contributed by atoms with Crippen LogP contribution in [-0.4, -0.2) is 0 Å².